The molecule has 114 valence electrons. The van der Waals surface area contributed by atoms with E-state index in [0.717, 1.165) is 11.3 Å². The molecule has 0 aliphatic heterocycles. The number of aliphatic hydroxyl groups is 1. The summed E-state index contributed by atoms with van der Waals surface area (Å²) in [5.74, 6) is -0.315. The Bertz CT molecular complexity index is 536. The van der Waals surface area contributed by atoms with Crippen LogP contribution in [0.2, 0.25) is 0 Å². The van der Waals surface area contributed by atoms with E-state index in [-0.39, 0.29) is 23.1 Å². The minimum atomic E-state index is -3.53. The van der Waals surface area contributed by atoms with Crippen molar-refractivity contribution >= 4 is 27.3 Å². The molecule has 20 heavy (non-hydrogen) atoms. The lowest BCUT2D eigenvalue weighted by Crippen LogP contribution is -2.51. The quantitative estimate of drug-likeness (QED) is 0.689. The van der Waals surface area contributed by atoms with E-state index < -0.39 is 21.7 Å². The van der Waals surface area contributed by atoms with Gasteiger partial charge in [-0.05, 0) is 32.2 Å². The first-order chi connectivity index (χ1) is 9.15. The Kier molecular flexibility index (Phi) is 5.69. The Morgan fingerprint density at radius 2 is 2.15 bits per heavy atom. The molecule has 8 heteroatoms. The number of hydrogen-bond donors (Lipinski definition) is 3. The molecule has 0 bridgehead atoms. The molecule has 0 fully saturated rings. The van der Waals surface area contributed by atoms with Crippen LogP contribution in [-0.4, -0.2) is 37.6 Å². The first kappa shape index (κ1) is 17.1. The van der Waals surface area contributed by atoms with Crippen molar-refractivity contribution in [3.8, 4) is 0 Å². The second kappa shape index (κ2) is 6.66. The number of amides is 1. The summed E-state index contributed by atoms with van der Waals surface area (Å²) in [6.07, 6.45) is -0.685. The van der Waals surface area contributed by atoms with Gasteiger partial charge in [0.05, 0.1) is 11.6 Å². The van der Waals surface area contributed by atoms with Gasteiger partial charge in [-0.3, -0.25) is 4.79 Å². The highest BCUT2D eigenvalue weighted by molar-refractivity contribution is 7.91. The minimum absolute atomic E-state index is 0.0146. The molecule has 0 aliphatic rings. The lowest BCUT2D eigenvalue weighted by molar-refractivity contribution is -0.123. The fourth-order valence-corrected chi connectivity index (χ4v) is 3.38. The molecule has 0 aliphatic carbocycles. The maximum atomic E-state index is 11.8. The summed E-state index contributed by atoms with van der Waals surface area (Å²) < 4.78 is 26.2. The van der Waals surface area contributed by atoms with Crippen molar-refractivity contribution in [2.45, 2.75) is 43.0 Å². The Morgan fingerprint density at radius 1 is 1.50 bits per heavy atom. The zero-order valence-corrected chi connectivity index (χ0v) is 13.3. The third-order valence-electron chi connectivity index (χ3n) is 2.91. The van der Waals surface area contributed by atoms with Gasteiger partial charge in [0.1, 0.15) is 4.21 Å². The molecular formula is C12H20N2O4S2. The van der Waals surface area contributed by atoms with E-state index in [1.54, 1.807) is 32.2 Å². The number of hydrogen-bond acceptors (Lipinski definition) is 5. The van der Waals surface area contributed by atoms with Crippen LogP contribution in [0.4, 0.5) is 0 Å². The number of rotatable bonds is 7. The molecule has 1 aromatic heterocycles. The number of thiophene rings is 1. The fourth-order valence-electron chi connectivity index (χ4n) is 1.31. The van der Waals surface area contributed by atoms with Gasteiger partial charge in [-0.1, -0.05) is 6.07 Å². The van der Waals surface area contributed by atoms with Crippen LogP contribution in [0.25, 0.3) is 0 Å². The SMILES string of the molecule is CC(O)C(C)(C)NC(=O)CCNS(=O)(=O)c1cccs1. The number of aliphatic hydroxyl groups excluding tert-OH is 1. The van der Waals surface area contributed by atoms with Crippen LogP contribution in [-0.2, 0) is 14.8 Å². The second-order valence-electron chi connectivity index (χ2n) is 5.03. The highest BCUT2D eigenvalue weighted by atomic mass is 32.2. The lowest BCUT2D eigenvalue weighted by atomic mass is 9.98. The molecule has 0 spiro atoms. The van der Waals surface area contributed by atoms with Crippen LogP contribution in [0.1, 0.15) is 27.2 Å². The zero-order valence-electron chi connectivity index (χ0n) is 11.7. The summed E-state index contributed by atoms with van der Waals surface area (Å²) in [6, 6.07) is 3.15. The average Bonchev–Trinajstić information content (AvgIpc) is 2.81. The van der Waals surface area contributed by atoms with Gasteiger partial charge in [-0.15, -0.1) is 11.3 Å². The first-order valence-electron chi connectivity index (χ1n) is 6.17. The minimum Gasteiger partial charge on any atom is -0.391 e. The molecule has 0 radical (unpaired) electrons. The van der Waals surface area contributed by atoms with Gasteiger partial charge in [-0.25, -0.2) is 13.1 Å². The van der Waals surface area contributed by atoms with E-state index in [1.165, 1.54) is 6.07 Å². The molecule has 1 heterocycles. The van der Waals surface area contributed by atoms with Crippen LogP contribution in [0.3, 0.4) is 0 Å². The summed E-state index contributed by atoms with van der Waals surface area (Å²) in [5.41, 5.74) is -0.746. The molecule has 1 unspecified atom stereocenters. The van der Waals surface area contributed by atoms with Crippen molar-refractivity contribution in [3.63, 3.8) is 0 Å². The zero-order chi connectivity index (χ0) is 15.4. The van der Waals surface area contributed by atoms with Crippen molar-refractivity contribution < 1.29 is 18.3 Å². The van der Waals surface area contributed by atoms with Crippen LogP contribution in [0, 0.1) is 0 Å². The molecule has 0 aromatic carbocycles. The predicted octanol–water partition coefficient (Wildman–Crippen LogP) is 0.692. The van der Waals surface area contributed by atoms with Crippen molar-refractivity contribution in [2.75, 3.05) is 6.54 Å². The monoisotopic (exact) mass is 320 g/mol. The highest BCUT2D eigenvalue weighted by Crippen LogP contribution is 2.15. The predicted molar refractivity (Wildman–Crippen MR) is 78.0 cm³/mol. The highest BCUT2D eigenvalue weighted by Gasteiger charge is 2.26. The summed E-state index contributed by atoms with van der Waals surface area (Å²) in [6.45, 7) is 5.00. The number of carbonyl (C=O) groups is 1. The maximum Gasteiger partial charge on any atom is 0.250 e. The topological polar surface area (TPSA) is 95.5 Å². The van der Waals surface area contributed by atoms with E-state index in [4.69, 9.17) is 0 Å². The Hall–Kier alpha value is -0.960. The normalized spacial score (nSPS) is 14.0. The second-order valence-corrected chi connectivity index (χ2v) is 7.97. The largest absolute Gasteiger partial charge is 0.391 e. The molecular weight excluding hydrogens is 300 g/mol. The molecule has 1 amide bonds. The van der Waals surface area contributed by atoms with Gasteiger partial charge in [0.15, 0.2) is 0 Å². The first-order valence-corrected chi connectivity index (χ1v) is 8.54. The van der Waals surface area contributed by atoms with Gasteiger partial charge in [0.2, 0.25) is 15.9 Å². The molecule has 1 atom stereocenters. The standard InChI is InChI=1S/C12H20N2O4S2/c1-9(15)12(2,3)14-10(16)6-7-13-20(17,18)11-5-4-8-19-11/h4-5,8-9,13,15H,6-7H2,1-3H3,(H,14,16). The van der Waals surface area contributed by atoms with E-state index >= 15 is 0 Å². The van der Waals surface area contributed by atoms with Crippen LogP contribution in [0.15, 0.2) is 21.7 Å². The summed E-state index contributed by atoms with van der Waals surface area (Å²) in [4.78, 5) is 11.7. The number of nitrogens with one attached hydrogen (secondary N) is 2. The van der Waals surface area contributed by atoms with Gasteiger partial charge >= 0.3 is 0 Å². The summed E-state index contributed by atoms with van der Waals surface area (Å²) in [7, 11) is -3.53. The molecule has 3 N–H and O–H groups in total. The average molecular weight is 320 g/mol. The molecule has 0 saturated carbocycles. The summed E-state index contributed by atoms with van der Waals surface area (Å²) >= 11 is 1.12. The van der Waals surface area contributed by atoms with E-state index in [2.05, 4.69) is 10.0 Å². The van der Waals surface area contributed by atoms with Crippen LogP contribution in [0.5, 0.6) is 0 Å². The Balaban J connectivity index is 2.44. The third-order valence-corrected chi connectivity index (χ3v) is 5.77. The Labute approximate surface area is 123 Å². The fraction of sp³-hybridized carbons (Fsp3) is 0.583. The number of sulfonamides is 1. The van der Waals surface area contributed by atoms with Crippen LogP contribution >= 0.6 is 11.3 Å². The number of carbonyl (C=O) groups excluding carboxylic acids is 1. The van der Waals surface area contributed by atoms with E-state index in [1.807, 2.05) is 0 Å². The van der Waals surface area contributed by atoms with E-state index in [0.29, 0.717) is 0 Å². The van der Waals surface area contributed by atoms with Crippen molar-refractivity contribution in [1.29, 1.82) is 0 Å². The van der Waals surface area contributed by atoms with Gasteiger partial charge < -0.3 is 10.4 Å². The van der Waals surface area contributed by atoms with Crippen LogP contribution < -0.4 is 10.0 Å². The molecule has 0 saturated heterocycles. The molecule has 1 rings (SSSR count). The van der Waals surface area contributed by atoms with Gasteiger partial charge in [0.25, 0.3) is 0 Å². The van der Waals surface area contributed by atoms with Crippen molar-refractivity contribution in [3.05, 3.63) is 17.5 Å². The molecule has 1 aromatic rings. The van der Waals surface area contributed by atoms with E-state index in [9.17, 15) is 18.3 Å². The molecule has 6 nitrogen and oxygen atoms in total. The van der Waals surface area contributed by atoms with Crippen molar-refractivity contribution in [2.24, 2.45) is 0 Å². The Morgan fingerprint density at radius 3 is 2.65 bits per heavy atom. The summed E-state index contributed by atoms with van der Waals surface area (Å²) in [5, 5.41) is 13.8. The smallest absolute Gasteiger partial charge is 0.250 e. The van der Waals surface area contributed by atoms with Crippen molar-refractivity contribution in [1.82, 2.24) is 10.0 Å². The van der Waals surface area contributed by atoms with Gasteiger partial charge in [-0.2, -0.15) is 0 Å². The lowest BCUT2D eigenvalue weighted by Gasteiger charge is -2.29. The van der Waals surface area contributed by atoms with Gasteiger partial charge in [0, 0.05) is 13.0 Å². The third kappa shape index (κ3) is 4.86. The maximum absolute atomic E-state index is 11.8.